The van der Waals surface area contributed by atoms with Gasteiger partial charge in [-0.1, -0.05) is 0 Å². The number of thiophene rings is 1. The standard InChI is InChI=1S/C16H19FN4O2S/c1-8-2-3-21(8)15-18-12(11-10(17)5-24-13(11)19-15)20-6-16(7-20)4-9(16)14(22)23/h5,8-9,14,22-23H,2-4,6-7H2,1H3/t8-,9?/m0/s1. The Bertz CT molecular complexity index is 820. The lowest BCUT2D eigenvalue weighted by Gasteiger charge is -2.43. The average Bonchev–Trinajstić information content (AvgIpc) is 3.16. The minimum absolute atomic E-state index is 0.0256. The van der Waals surface area contributed by atoms with Crippen LogP contribution in [0, 0.1) is 17.2 Å². The van der Waals surface area contributed by atoms with Crippen LogP contribution >= 0.6 is 11.3 Å². The number of rotatable bonds is 3. The smallest absolute Gasteiger partial charge is 0.228 e. The lowest BCUT2D eigenvalue weighted by molar-refractivity contribution is -0.0678. The van der Waals surface area contributed by atoms with Gasteiger partial charge in [-0.25, -0.2) is 9.37 Å². The van der Waals surface area contributed by atoms with Crippen LogP contribution in [0.5, 0.6) is 0 Å². The summed E-state index contributed by atoms with van der Waals surface area (Å²) >= 11 is 1.31. The normalized spacial score (nSPS) is 27.7. The SMILES string of the molecule is C[C@H]1CCN1c1nc(N2CC3(CC3C(O)O)C2)c2c(F)csc2n1. The molecule has 2 aromatic rings. The van der Waals surface area contributed by atoms with Crippen LogP contribution in [-0.2, 0) is 0 Å². The number of aliphatic hydroxyl groups is 2. The van der Waals surface area contributed by atoms with Crippen LogP contribution < -0.4 is 9.80 Å². The van der Waals surface area contributed by atoms with Crippen molar-refractivity contribution in [2.75, 3.05) is 29.4 Å². The van der Waals surface area contributed by atoms with Gasteiger partial charge >= 0.3 is 0 Å². The fourth-order valence-electron chi connectivity index (χ4n) is 4.08. The summed E-state index contributed by atoms with van der Waals surface area (Å²) in [5, 5.41) is 20.7. The molecule has 0 radical (unpaired) electrons. The maximum absolute atomic E-state index is 14.3. The molecule has 1 unspecified atom stereocenters. The molecular weight excluding hydrogens is 331 g/mol. The van der Waals surface area contributed by atoms with Crippen molar-refractivity contribution in [3.8, 4) is 0 Å². The van der Waals surface area contributed by atoms with Gasteiger partial charge in [0.25, 0.3) is 0 Å². The van der Waals surface area contributed by atoms with Gasteiger partial charge in [-0.3, -0.25) is 0 Å². The largest absolute Gasteiger partial charge is 0.368 e. The van der Waals surface area contributed by atoms with Crippen molar-refractivity contribution in [3.63, 3.8) is 0 Å². The molecule has 2 atom stereocenters. The van der Waals surface area contributed by atoms with E-state index in [0.717, 1.165) is 19.4 Å². The van der Waals surface area contributed by atoms with Crippen LogP contribution in [0.25, 0.3) is 10.2 Å². The number of hydrogen-bond acceptors (Lipinski definition) is 7. The van der Waals surface area contributed by atoms with Gasteiger partial charge in [-0.05, 0) is 19.8 Å². The number of anilines is 2. The molecule has 5 rings (SSSR count). The van der Waals surface area contributed by atoms with Gasteiger partial charge in [-0.2, -0.15) is 4.98 Å². The Balaban J connectivity index is 1.50. The zero-order chi connectivity index (χ0) is 16.6. The van der Waals surface area contributed by atoms with Gasteiger partial charge in [0.1, 0.15) is 16.5 Å². The number of halogens is 1. The topological polar surface area (TPSA) is 72.7 Å². The fourth-order valence-corrected chi connectivity index (χ4v) is 4.85. The summed E-state index contributed by atoms with van der Waals surface area (Å²) in [4.78, 5) is 14.1. The first kappa shape index (κ1) is 14.8. The molecule has 2 aliphatic heterocycles. The van der Waals surface area contributed by atoms with Gasteiger partial charge in [0.15, 0.2) is 6.29 Å². The Kier molecular flexibility index (Phi) is 2.94. The van der Waals surface area contributed by atoms with E-state index < -0.39 is 6.29 Å². The molecule has 2 N–H and O–H groups in total. The Hall–Kier alpha value is -1.51. The van der Waals surface area contributed by atoms with Crippen molar-refractivity contribution in [2.24, 2.45) is 11.3 Å². The van der Waals surface area contributed by atoms with E-state index in [2.05, 4.69) is 26.7 Å². The van der Waals surface area contributed by atoms with Gasteiger partial charge in [0.2, 0.25) is 5.95 Å². The highest BCUT2D eigenvalue weighted by Gasteiger charge is 2.64. The Morgan fingerprint density at radius 3 is 2.75 bits per heavy atom. The molecule has 24 heavy (non-hydrogen) atoms. The third-order valence-corrected chi connectivity index (χ3v) is 6.70. The number of aromatic nitrogens is 2. The average molecular weight is 350 g/mol. The van der Waals surface area contributed by atoms with Crippen molar-refractivity contribution in [2.45, 2.75) is 32.1 Å². The first-order chi connectivity index (χ1) is 11.5. The highest BCUT2D eigenvalue weighted by Crippen LogP contribution is 2.60. The lowest BCUT2D eigenvalue weighted by Crippen LogP contribution is -2.51. The molecule has 8 heteroatoms. The van der Waals surface area contributed by atoms with Crippen LogP contribution in [0.2, 0.25) is 0 Å². The van der Waals surface area contributed by atoms with Crippen molar-refractivity contribution < 1.29 is 14.6 Å². The van der Waals surface area contributed by atoms with Gasteiger partial charge < -0.3 is 20.0 Å². The second-order valence-corrected chi connectivity index (χ2v) is 8.24. The van der Waals surface area contributed by atoms with Crippen molar-refractivity contribution in [3.05, 3.63) is 11.2 Å². The molecule has 128 valence electrons. The summed E-state index contributed by atoms with van der Waals surface area (Å²) in [6.07, 6.45) is 0.684. The van der Waals surface area contributed by atoms with E-state index in [4.69, 9.17) is 0 Å². The Morgan fingerprint density at radius 2 is 2.17 bits per heavy atom. The molecule has 2 aromatic heterocycles. The lowest BCUT2D eigenvalue weighted by atomic mass is 9.93. The molecule has 2 saturated heterocycles. The minimum Gasteiger partial charge on any atom is -0.368 e. The number of fused-ring (bicyclic) bond motifs is 1. The summed E-state index contributed by atoms with van der Waals surface area (Å²) in [7, 11) is 0. The second-order valence-electron chi connectivity index (χ2n) is 7.38. The van der Waals surface area contributed by atoms with E-state index in [-0.39, 0.29) is 17.2 Å². The van der Waals surface area contributed by atoms with Crippen molar-refractivity contribution in [1.29, 1.82) is 0 Å². The summed E-state index contributed by atoms with van der Waals surface area (Å²) in [6.45, 7) is 4.47. The molecule has 1 spiro atoms. The molecule has 3 fully saturated rings. The molecule has 3 aliphatic rings. The van der Waals surface area contributed by atoms with Crippen molar-refractivity contribution >= 4 is 33.3 Å². The highest BCUT2D eigenvalue weighted by atomic mass is 32.1. The molecule has 0 bridgehead atoms. The predicted octanol–water partition coefficient (Wildman–Crippen LogP) is 1.57. The first-order valence-corrected chi connectivity index (χ1v) is 9.19. The van der Waals surface area contributed by atoms with Crippen LogP contribution in [0.1, 0.15) is 19.8 Å². The van der Waals surface area contributed by atoms with E-state index in [9.17, 15) is 14.6 Å². The molecular formula is C16H19FN4O2S. The summed E-state index contributed by atoms with van der Waals surface area (Å²) in [6, 6.07) is 0.417. The monoisotopic (exact) mass is 350 g/mol. The minimum atomic E-state index is -1.26. The Labute approximate surface area is 142 Å². The molecule has 0 amide bonds. The third kappa shape index (κ3) is 1.93. The quantitative estimate of drug-likeness (QED) is 0.819. The summed E-state index contributed by atoms with van der Waals surface area (Å²) in [5.41, 5.74) is -0.0256. The molecule has 0 aromatic carbocycles. The van der Waals surface area contributed by atoms with Gasteiger partial charge in [0.05, 0.1) is 5.39 Å². The maximum Gasteiger partial charge on any atom is 0.228 e. The molecule has 1 saturated carbocycles. The molecule has 4 heterocycles. The van der Waals surface area contributed by atoms with Crippen LogP contribution in [-0.4, -0.2) is 52.1 Å². The van der Waals surface area contributed by atoms with Gasteiger partial charge in [0, 0.05) is 42.4 Å². The molecule has 6 nitrogen and oxygen atoms in total. The Morgan fingerprint density at radius 1 is 1.38 bits per heavy atom. The number of nitrogens with zero attached hydrogens (tertiary/aromatic N) is 4. The van der Waals surface area contributed by atoms with E-state index in [1.807, 2.05) is 0 Å². The zero-order valence-electron chi connectivity index (χ0n) is 13.3. The third-order valence-electron chi connectivity index (χ3n) is 5.86. The van der Waals surface area contributed by atoms with E-state index >= 15 is 0 Å². The van der Waals surface area contributed by atoms with E-state index in [1.165, 1.54) is 16.7 Å². The van der Waals surface area contributed by atoms with Gasteiger partial charge in [-0.15, -0.1) is 11.3 Å². The summed E-state index contributed by atoms with van der Waals surface area (Å²) < 4.78 is 14.3. The second kappa shape index (κ2) is 4.77. The van der Waals surface area contributed by atoms with Crippen LogP contribution in [0.3, 0.4) is 0 Å². The van der Waals surface area contributed by atoms with E-state index in [1.54, 1.807) is 0 Å². The first-order valence-electron chi connectivity index (χ1n) is 8.31. The maximum atomic E-state index is 14.3. The zero-order valence-corrected chi connectivity index (χ0v) is 14.1. The highest BCUT2D eigenvalue weighted by molar-refractivity contribution is 7.16. The van der Waals surface area contributed by atoms with Crippen molar-refractivity contribution in [1.82, 2.24) is 9.97 Å². The fraction of sp³-hybridized carbons (Fsp3) is 0.625. The van der Waals surface area contributed by atoms with Crippen LogP contribution in [0.15, 0.2) is 5.38 Å². The van der Waals surface area contributed by atoms with E-state index in [0.29, 0.717) is 41.1 Å². The summed E-state index contributed by atoms with van der Waals surface area (Å²) in [5.74, 6) is 0.988. The van der Waals surface area contributed by atoms with Crippen LogP contribution in [0.4, 0.5) is 16.2 Å². The number of aliphatic hydroxyl groups excluding tert-OH is 1. The number of hydrogen-bond donors (Lipinski definition) is 2. The molecule has 1 aliphatic carbocycles. The predicted molar refractivity (Wildman–Crippen MR) is 89.8 cm³/mol.